The number of anilines is 1. The van der Waals surface area contributed by atoms with Gasteiger partial charge in [-0.1, -0.05) is 6.58 Å². The van der Waals surface area contributed by atoms with Crippen molar-refractivity contribution in [2.24, 2.45) is 0 Å². The highest BCUT2D eigenvalue weighted by Gasteiger charge is 2.29. The minimum absolute atomic E-state index is 0.0512. The molecule has 0 aromatic heterocycles. The summed E-state index contributed by atoms with van der Waals surface area (Å²) in [6.07, 6.45) is 0.758. The summed E-state index contributed by atoms with van der Waals surface area (Å²) >= 11 is 0. The van der Waals surface area contributed by atoms with Gasteiger partial charge in [0.05, 0.1) is 6.61 Å². The van der Waals surface area contributed by atoms with Crippen LogP contribution >= 0.6 is 0 Å². The fraction of sp³-hybridized carbons (Fsp3) is 0.471. The lowest BCUT2D eigenvalue weighted by atomic mass is 10.2. The molecule has 2 amide bonds. The number of carbonyl (C=O) groups is 1. The van der Waals surface area contributed by atoms with Crippen LogP contribution < -0.4 is 15.4 Å². The lowest BCUT2D eigenvalue weighted by Crippen LogP contribution is -2.39. The average molecular weight is 319 g/mol. The highest BCUT2D eigenvalue weighted by atomic mass is 16.5. The molecule has 1 aromatic rings. The lowest BCUT2D eigenvalue weighted by Gasteiger charge is -2.15. The monoisotopic (exact) mass is 319 g/mol. The molecule has 0 spiro atoms. The standard InChI is InChI=1S/C17H25N3O3/c1-12(2)11-23-16-6-4-13(5-7-16)18-17(22)19-14-8-15(10-21)20(3)9-14/h4-7,14-15,21H,1,8-11H2,2-3H3,(H2,18,19,22)/t14-,15+/m1/s1. The van der Waals surface area contributed by atoms with Crippen LogP contribution in [-0.4, -0.2) is 54.9 Å². The summed E-state index contributed by atoms with van der Waals surface area (Å²) < 4.78 is 5.51. The number of aliphatic hydroxyl groups is 1. The molecule has 1 aliphatic heterocycles. The molecule has 0 bridgehead atoms. The van der Waals surface area contributed by atoms with Crippen molar-refractivity contribution in [2.75, 3.05) is 32.1 Å². The Morgan fingerprint density at radius 1 is 1.43 bits per heavy atom. The van der Waals surface area contributed by atoms with E-state index >= 15 is 0 Å². The average Bonchev–Trinajstić information content (AvgIpc) is 2.86. The third-order valence-corrected chi connectivity index (χ3v) is 3.83. The van der Waals surface area contributed by atoms with Crippen molar-refractivity contribution in [3.8, 4) is 5.75 Å². The Kier molecular flexibility index (Phi) is 6.01. The summed E-state index contributed by atoms with van der Waals surface area (Å²) in [6, 6.07) is 7.14. The summed E-state index contributed by atoms with van der Waals surface area (Å²) in [5.41, 5.74) is 1.66. The van der Waals surface area contributed by atoms with Crippen LogP contribution in [0, 0.1) is 0 Å². The first kappa shape index (κ1) is 17.3. The number of hydrogen-bond donors (Lipinski definition) is 3. The number of aliphatic hydroxyl groups excluding tert-OH is 1. The molecular formula is C17H25N3O3. The summed E-state index contributed by atoms with van der Waals surface area (Å²) in [6.45, 7) is 7.02. The van der Waals surface area contributed by atoms with Crippen molar-refractivity contribution < 1.29 is 14.6 Å². The van der Waals surface area contributed by atoms with Gasteiger partial charge in [0.25, 0.3) is 0 Å². The number of amides is 2. The normalized spacial score (nSPS) is 21.0. The van der Waals surface area contributed by atoms with Gasteiger partial charge in [-0.3, -0.25) is 4.90 Å². The summed E-state index contributed by atoms with van der Waals surface area (Å²) in [5, 5.41) is 15.0. The first-order chi connectivity index (χ1) is 11.0. The molecule has 23 heavy (non-hydrogen) atoms. The zero-order valence-electron chi connectivity index (χ0n) is 13.7. The maximum Gasteiger partial charge on any atom is 0.319 e. The molecular weight excluding hydrogens is 294 g/mol. The first-order valence-corrected chi connectivity index (χ1v) is 7.73. The second-order valence-corrected chi connectivity index (χ2v) is 6.08. The summed E-state index contributed by atoms with van der Waals surface area (Å²) in [4.78, 5) is 14.1. The fourth-order valence-corrected chi connectivity index (χ4v) is 2.59. The van der Waals surface area contributed by atoms with Gasteiger partial charge < -0.3 is 20.5 Å². The van der Waals surface area contributed by atoms with E-state index in [9.17, 15) is 9.90 Å². The van der Waals surface area contributed by atoms with Gasteiger partial charge in [-0.2, -0.15) is 0 Å². The highest BCUT2D eigenvalue weighted by molar-refractivity contribution is 5.89. The Hall–Kier alpha value is -2.05. The number of nitrogens with one attached hydrogen (secondary N) is 2. The van der Waals surface area contributed by atoms with Gasteiger partial charge in [-0.15, -0.1) is 0 Å². The topological polar surface area (TPSA) is 73.8 Å². The van der Waals surface area contributed by atoms with Crippen LogP contribution in [0.15, 0.2) is 36.4 Å². The van der Waals surface area contributed by atoms with Gasteiger partial charge in [0.15, 0.2) is 0 Å². The maximum atomic E-state index is 12.0. The summed E-state index contributed by atoms with van der Waals surface area (Å²) in [5.74, 6) is 0.738. The third-order valence-electron chi connectivity index (χ3n) is 3.83. The van der Waals surface area contributed by atoms with E-state index in [0.717, 1.165) is 24.3 Å². The number of benzene rings is 1. The van der Waals surface area contributed by atoms with Crippen molar-refractivity contribution in [3.63, 3.8) is 0 Å². The molecule has 0 unspecified atom stereocenters. The molecule has 6 heteroatoms. The number of carbonyl (C=O) groups excluding carboxylic acids is 1. The molecule has 1 saturated heterocycles. The molecule has 126 valence electrons. The Morgan fingerprint density at radius 2 is 2.13 bits per heavy atom. The molecule has 1 heterocycles. The van der Waals surface area contributed by atoms with Gasteiger partial charge >= 0.3 is 6.03 Å². The lowest BCUT2D eigenvalue weighted by molar-refractivity contribution is 0.182. The van der Waals surface area contributed by atoms with E-state index in [1.807, 2.05) is 26.1 Å². The molecule has 6 nitrogen and oxygen atoms in total. The van der Waals surface area contributed by atoms with Crippen LogP contribution in [0.25, 0.3) is 0 Å². The summed E-state index contributed by atoms with van der Waals surface area (Å²) in [7, 11) is 1.95. The van der Waals surface area contributed by atoms with Crippen LogP contribution in [0.3, 0.4) is 0 Å². The molecule has 1 aliphatic rings. The Balaban J connectivity index is 1.80. The van der Waals surface area contributed by atoms with Crippen LogP contribution in [0.4, 0.5) is 10.5 Å². The molecule has 0 saturated carbocycles. The molecule has 1 fully saturated rings. The van der Waals surface area contributed by atoms with E-state index in [1.54, 1.807) is 12.1 Å². The fourth-order valence-electron chi connectivity index (χ4n) is 2.59. The van der Waals surface area contributed by atoms with Crippen LogP contribution in [0.5, 0.6) is 5.75 Å². The Bertz CT molecular complexity index is 545. The zero-order valence-corrected chi connectivity index (χ0v) is 13.7. The predicted octanol–water partition coefficient (Wildman–Crippen LogP) is 1.83. The molecule has 3 N–H and O–H groups in total. The molecule has 2 atom stereocenters. The highest BCUT2D eigenvalue weighted by Crippen LogP contribution is 2.17. The number of hydrogen-bond acceptors (Lipinski definition) is 4. The number of ether oxygens (including phenoxy) is 1. The maximum absolute atomic E-state index is 12.0. The van der Waals surface area contributed by atoms with Gasteiger partial charge in [0.1, 0.15) is 12.4 Å². The van der Waals surface area contributed by atoms with Gasteiger partial charge in [-0.25, -0.2) is 4.79 Å². The van der Waals surface area contributed by atoms with Crippen molar-refractivity contribution in [1.82, 2.24) is 10.2 Å². The smallest absolute Gasteiger partial charge is 0.319 e. The number of rotatable bonds is 6. The number of urea groups is 1. The third kappa shape index (κ3) is 5.26. The largest absolute Gasteiger partial charge is 0.489 e. The quantitative estimate of drug-likeness (QED) is 0.699. The van der Waals surface area contributed by atoms with Gasteiger partial charge in [-0.05, 0) is 50.2 Å². The van der Waals surface area contributed by atoms with Crippen LogP contribution in [0.2, 0.25) is 0 Å². The van der Waals surface area contributed by atoms with Crippen molar-refractivity contribution in [1.29, 1.82) is 0 Å². The second-order valence-electron chi connectivity index (χ2n) is 6.08. The molecule has 0 radical (unpaired) electrons. The van der Waals surface area contributed by atoms with Crippen molar-refractivity contribution in [2.45, 2.75) is 25.4 Å². The molecule has 2 rings (SSSR count). The van der Waals surface area contributed by atoms with Crippen molar-refractivity contribution in [3.05, 3.63) is 36.4 Å². The molecule has 1 aromatic carbocycles. The van der Waals surface area contributed by atoms with E-state index < -0.39 is 0 Å². The number of likely N-dealkylation sites (tertiary alicyclic amines) is 1. The van der Waals surface area contributed by atoms with E-state index in [2.05, 4.69) is 22.1 Å². The minimum Gasteiger partial charge on any atom is -0.489 e. The minimum atomic E-state index is -0.238. The molecule has 0 aliphatic carbocycles. The first-order valence-electron chi connectivity index (χ1n) is 7.73. The van der Waals surface area contributed by atoms with E-state index in [0.29, 0.717) is 12.3 Å². The van der Waals surface area contributed by atoms with Crippen LogP contribution in [-0.2, 0) is 0 Å². The SMILES string of the molecule is C=C(C)COc1ccc(NC(=O)N[C@@H]2C[C@@H](CO)N(C)C2)cc1. The Morgan fingerprint density at radius 3 is 2.70 bits per heavy atom. The Labute approximate surface area is 137 Å². The predicted molar refractivity (Wildman–Crippen MR) is 90.8 cm³/mol. The van der Waals surface area contributed by atoms with E-state index in [-0.39, 0.29) is 24.7 Å². The number of likely N-dealkylation sites (N-methyl/N-ethyl adjacent to an activating group) is 1. The van der Waals surface area contributed by atoms with E-state index in [1.165, 1.54) is 0 Å². The van der Waals surface area contributed by atoms with Gasteiger partial charge in [0, 0.05) is 24.3 Å². The second kappa shape index (κ2) is 7.99. The number of nitrogens with zero attached hydrogens (tertiary/aromatic N) is 1. The van der Waals surface area contributed by atoms with E-state index in [4.69, 9.17) is 4.74 Å². The van der Waals surface area contributed by atoms with Gasteiger partial charge in [0.2, 0.25) is 0 Å². The van der Waals surface area contributed by atoms with Crippen LogP contribution in [0.1, 0.15) is 13.3 Å². The zero-order chi connectivity index (χ0) is 16.8. The van der Waals surface area contributed by atoms with Crippen molar-refractivity contribution >= 4 is 11.7 Å².